The molecule has 3 aromatic carbocycles. The van der Waals surface area contributed by atoms with Gasteiger partial charge in [-0.1, -0.05) is 54.6 Å². The first-order valence-electron chi connectivity index (χ1n) is 11.3. The highest BCUT2D eigenvalue weighted by Crippen LogP contribution is 2.32. The maximum absolute atomic E-state index is 13.2. The fourth-order valence-electron chi connectivity index (χ4n) is 5.01. The molecule has 0 aliphatic carbocycles. The SMILES string of the molecule is O=C(C1CCN(c2ccc(-c3n[nH]c(=O)c4ccccc34)cc2)C1=O)N1Cc2ccccc2C1. The Morgan fingerprint density at radius 2 is 1.50 bits per heavy atom. The predicted molar refractivity (Wildman–Crippen MR) is 129 cm³/mol. The average molecular weight is 450 g/mol. The van der Waals surface area contributed by atoms with E-state index >= 15 is 0 Å². The van der Waals surface area contributed by atoms with Crippen molar-refractivity contribution in [3.63, 3.8) is 0 Å². The molecule has 7 nitrogen and oxygen atoms in total. The number of hydrogen-bond acceptors (Lipinski definition) is 4. The first-order valence-corrected chi connectivity index (χ1v) is 11.3. The molecule has 1 unspecified atom stereocenters. The lowest BCUT2D eigenvalue weighted by Crippen LogP contribution is -2.37. The van der Waals surface area contributed by atoms with E-state index in [-0.39, 0.29) is 17.4 Å². The van der Waals surface area contributed by atoms with Gasteiger partial charge in [-0.05, 0) is 35.7 Å². The lowest BCUT2D eigenvalue weighted by molar-refractivity contribution is -0.140. The van der Waals surface area contributed by atoms with Crippen molar-refractivity contribution in [2.75, 3.05) is 11.4 Å². The minimum absolute atomic E-state index is 0.0933. The van der Waals surface area contributed by atoms with Crippen LogP contribution in [0.3, 0.4) is 0 Å². The van der Waals surface area contributed by atoms with Crippen LogP contribution in [0.4, 0.5) is 5.69 Å². The predicted octanol–water partition coefficient (Wildman–Crippen LogP) is 3.49. The van der Waals surface area contributed by atoms with Gasteiger partial charge in [0.15, 0.2) is 0 Å². The second kappa shape index (κ2) is 7.95. The standard InChI is InChI=1S/C27H22N4O3/c32-25-22-8-4-3-7-21(22)24(28-29-25)17-9-11-20(12-10-17)31-14-13-23(27(31)34)26(33)30-15-18-5-1-2-6-19(18)16-30/h1-12,23H,13-16H2,(H,29,32). The first kappa shape index (κ1) is 20.4. The van der Waals surface area contributed by atoms with Crippen LogP contribution in [0.2, 0.25) is 0 Å². The van der Waals surface area contributed by atoms with E-state index in [9.17, 15) is 14.4 Å². The number of benzene rings is 3. The Labute approximate surface area is 195 Å². The second-order valence-corrected chi connectivity index (χ2v) is 8.79. The van der Waals surface area contributed by atoms with Crippen LogP contribution in [0.25, 0.3) is 22.0 Å². The largest absolute Gasteiger partial charge is 0.333 e. The molecule has 0 spiro atoms. The molecule has 1 N–H and O–H groups in total. The van der Waals surface area contributed by atoms with Gasteiger partial charge in [-0.25, -0.2) is 5.10 Å². The molecule has 2 aliphatic rings. The number of carbonyl (C=O) groups excluding carboxylic acids is 2. The number of H-pyrrole nitrogens is 1. The molecule has 0 radical (unpaired) electrons. The number of anilines is 1. The van der Waals surface area contributed by atoms with Gasteiger partial charge in [0.05, 0.1) is 11.1 Å². The summed E-state index contributed by atoms with van der Waals surface area (Å²) in [6.07, 6.45) is 0.512. The lowest BCUT2D eigenvalue weighted by Gasteiger charge is -2.20. The van der Waals surface area contributed by atoms with Gasteiger partial charge in [0, 0.05) is 36.3 Å². The van der Waals surface area contributed by atoms with Crippen molar-refractivity contribution in [3.8, 4) is 11.3 Å². The second-order valence-electron chi connectivity index (χ2n) is 8.79. The maximum atomic E-state index is 13.2. The van der Waals surface area contributed by atoms with Crippen LogP contribution in [0.1, 0.15) is 17.5 Å². The van der Waals surface area contributed by atoms with Gasteiger partial charge >= 0.3 is 0 Å². The van der Waals surface area contributed by atoms with Gasteiger partial charge in [-0.2, -0.15) is 5.10 Å². The van der Waals surface area contributed by atoms with Crippen molar-refractivity contribution in [1.29, 1.82) is 0 Å². The third-order valence-electron chi connectivity index (χ3n) is 6.80. The highest BCUT2D eigenvalue weighted by molar-refractivity contribution is 6.09. The summed E-state index contributed by atoms with van der Waals surface area (Å²) >= 11 is 0. The van der Waals surface area contributed by atoms with E-state index in [0.29, 0.717) is 37.1 Å². The Hall–Kier alpha value is -4.26. The Bertz CT molecular complexity index is 1470. The van der Waals surface area contributed by atoms with E-state index in [0.717, 1.165) is 27.8 Å². The molecular formula is C27H22N4O3. The Kier molecular flexibility index (Phi) is 4.76. The third kappa shape index (κ3) is 3.28. The van der Waals surface area contributed by atoms with Crippen LogP contribution in [-0.4, -0.2) is 33.5 Å². The van der Waals surface area contributed by atoms with E-state index in [2.05, 4.69) is 10.2 Å². The lowest BCUT2D eigenvalue weighted by atomic mass is 10.0. The maximum Gasteiger partial charge on any atom is 0.272 e. The number of fused-ring (bicyclic) bond motifs is 2. The first-order chi connectivity index (χ1) is 16.6. The molecule has 1 atom stereocenters. The summed E-state index contributed by atoms with van der Waals surface area (Å²) < 4.78 is 0. The summed E-state index contributed by atoms with van der Waals surface area (Å²) in [5.41, 5.74) is 4.34. The number of nitrogens with zero attached hydrogens (tertiary/aromatic N) is 3. The quantitative estimate of drug-likeness (QED) is 0.484. The highest BCUT2D eigenvalue weighted by atomic mass is 16.2. The van der Waals surface area contributed by atoms with Crippen molar-refractivity contribution >= 4 is 28.3 Å². The Morgan fingerprint density at radius 1 is 0.853 bits per heavy atom. The summed E-state index contributed by atoms with van der Waals surface area (Å²) in [4.78, 5) is 41.9. The number of amides is 2. The van der Waals surface area contributed by atoms with Crippen molar-refractivity contribution < 1.29 is 9.59 Å². The minimum atomic E-state index is -0.640. The number of carbonyl (C=O) groups is 2. The summed E-state index contributed by atoms with van der Waals surface area (Å²) in [5.74, 6) is -0.885. The normalized spacial score (nSPS) is 17.4. The van der Waals surface area contributed by atoms with Crippen molar-refractivity contribution in [1.82, 2.24) is 15.1 Å². The van der Waals surface area contributed by atoms with Crippen LogP contribution in [0.15, 0.2) is 77.6 Å². The fourth-order valence-corrected chi connectivity index (χ4v) is 5.01. The van der Waals surface area contributed by atoms with Crippen molar-refractivity contribution in [2.45, 2.75) is 19.5 Å². The Balaban J connectivity index is 1.21. The molecule has 2 amide bonds. The molecule has 2 aliphatic heterocycles. The summed E-state index contributed by atoms with van der Waals surface area (Å²) in [6, 6.07) is 22.9. The number of aromatic amines is 1. The number of hydrogen-bond donors (Lipinski definition) is 1. The molecule has 4 aromatic rings. The molecule has 7 heteroatoms. The van der Waals surface area contributed by atoms with Crippen LogP contribution in [0, 0.1) is 5.92 Å². The molecule has 0 bridgehead atoms. The minimum Gasteiger partial charge on any atom is -0.333 e. The van der Waals surface area contributed by atoms with E-state index in [1.54, 1.807) is 15.9 Å². The number of aromatic nitrogens is 2. The van der Waals surface area contributed by atoms with Crippen molar-refractivity contribution in [3.05, 3.63) is 94.3 Å². The van der Waals surface area contributed by atoms with Gasteiger partial charge in [-0.15, -0.1) is 0 Å². The fraction of sp³-hybridized carbons (Fsp3) is 0.185. The van der Waals surface area contributed by atoms with E-state index in [1.165, 1.54) is 0 Å². The van der Waals surface area contributed by atoms with Gasteiger partial charge in [0.1, 0.15) is 5.92 Å². The van der Waals surface area contributed by atoms with Crippen LogP contribution in [0.5, 0.6) is 0 Å². The molecular weight excluding hydrogens is 428 g/mol. The van der Waals surface area contributed by atoms with E-state index in [4.69, 9.17) is 0 Å². The third-order valence-corrected chi connectivity index (χ3v) is 6.80. The van der Waals surface area contributed by atoms with Gasteiger partial charge in [0.2, 0.25) is 11.8 Å². The van der Waals surface area contributed by atoms with Gasteiger partial charge < -0.3 is 9.80 Å². The zero-order chi connectivity index (χ0) is 23.2. The highest BCUT2D eigenvalue weighted by Gasteiger charge is 2.40. The zero-order valence-corrected chi connectivity index (χ0v) is 18.4. The average Bonchev–Trinajstić information content (AvgIpc) is 3.48. The van der Waals surface area contributed by atoms with Crippen molar-refractivity contribution in [2.24, 2.45) is 5.92 Å². The van der Waals surface area contributed by atoms with Gasteiger partial charge in [0.25, 0.3) is 5.56 Å². The summed E-state index contributed by atoms with van der Waals surface area (Å²) in [6.45, 7) is 1.64. The summed E-state index contributed by atoms with van der Waals surface area (Å²) in [5, 5.41) is 8.16. The van der Waals surface area contributed by atoms with E-state index in [1.807, 2.05) is 66.7 Å². The molecule has 34 heavy (non-hydrogen) atoms. The smallest absolute Gasteiger partial charge is 0.272 e. The topological polar surface area (TPSA) is 86.4 Å². The Morgan fingerprint density at radius 3 is 2.21 bits per heavy atom. The van der Waals surface area contributed by atoms with Crippen LogP contribution in [-0.2, 0) is 22.7 Å². The molecule has 6 rings (SSSR count). The molecule has 1 fully saturated rings. The van der Waals surface area contributed by atoms with Crippen LogP contribution >= 0.6 is 0 Å². The molecule has 0 saturated carbocycles. The van der Waals surface area contributed by atoms with Crippen LogP contribution < -0.4 is 10.5 Å². The zero-order valence-electron chi connectivity index (χ0n) is 18.4. The van der Waals surface area contributed by atoms with Gasteiger partial charge in [-0.3, -0.25) is 14.4 Å². The van der Waals surface area contributed by atoms with E-state index < -0.39 is 5.92 Å². The molecule has 1 saturated heterocycles. The molecule has 1 aromatic heterocycles. The molecule has 3 heterocycles. The monoisotopic (exact) mass is 450 g/mol. The summed E-state index contributed by atoms with van der Waals surface area (Å²) in [7, 11) is 0. The molecule has 168 valence electrons. The number of rotatable bonds is 3. The number of nitrogens with one attached hydrogen (secondary N) is 1.